The molecule has 1 radical (unpaired) electrons. The van der Waals surface area contributed by atoms with Gasteiger partial charge in [0.2, 0.25) is 5.91 Å². The maximum absolute atomic E-state index is 11.2. The van der Waals surface area contributed by atoms with Crippen molar-refractivity contribution >= 4 is 5.91 Å². The first kappa shape index (κ1) is 11.4. The Morgan fingerprint density at radius 1 is 1.00 bits per heavy atom. The number of rotatable bonds is 4. The molecule has 0 aliphatic carbocycles. The minimum Gasteiger partial charge on any atom is -0.366 e. The van der Waals surface area contributed by atoms with Crippen LogP contribution in [0.4, 0.5) is 0 Å². The molecule has 85 valence electrons. The first-order valence-corrected chi connectivity index (χ1v) is 5.53. The fraction of sp³-hybridized carbons (Fsp3) is 0.0667. The molecule has 2 aromatic carbocycles. The summed E-state index contributed by atoms with van der Waals surface area (Å²) in [5, 5.41) is 0. The fourth-order valence-corrected chi connectivity index (χ4v) is 1.76. The molecule has 2 aromatic rings. The van der Waals surface area contributed by atoms with Crippen molar-refractivity contribution < 1.29 is 4.79 Å². The van der Waals surface area contributed by atoms with Crippen molar-refractivity contribution in [3.8, 4) is 0 Å². The summed E-state index contributed by atoms with van der Waals surface area (Å²) in [5.74, 6) is -0.373. The second-order valence-electron chi connectivity index (χ2n) is 3.84. The van der Waals surface area contributed by atoms with E-state index in [4.69, 9.17) is 5.73 Å². The van der Waals surface area contributed by atoms with E-state index >= 15 is 0 Å². The van der Waals surface area contributed by atoms with E-state index in [0.29, 0.717) is 12.0 Å². The van der Waals surface area contributed by atoms with Crippen LogP contribution in [0, 0.1) is 6.42 Å². The van der Waals surface area contributed by atoms with Gasteiger partial charge in [0, 0.05) is 5.56 Å². The van der Waals surface area contributed by atoms with Gasteiger partial charge >= 0.3 is 0 Å². The van der Waals surface area contributed by atoms with Crippen molar-refractivity contribution in [2.24, 2.45) is 5.73 Å². The van der Waals surface area contributed by atoms with E-state index < -0.39 is 0 Å². The second kappa shape index (κ2) is 5.30. The third kappa shape index (κ3) is 2.94. The zero-order valence-electron chi connectivity index (χ0n) is 9.47. The van der Waals surface area contributed by atoms with Crippen molar-refractivity contribution in [2.45, 2.75) is 6.42 Å². The van der Waals surface area contributed by atoms with Gasteiger partial charge in [-0.25, -0.2) is 0 Å². The first-order chi connectivity index (χ1) is 8.27. The van der Waals surface area contributed by atoms with Gasteiger partial charge in [-0.05, 0) is 30.0 Å². The maximum atomic E-state index is 11.2. The summed E-state index contributed by atoms with van der Waals surface area (Å²) in [7, 11) is 0. The van der Waals surface area contributed by atoms with Crippen LogP contribution in [0.15, 0.2) is 54.6 Å². The SMILES string of the molecule is NC(=O)c1ccccc1C[CH]c1ccccc1. The standard InChI is InChI=1S/C15H14NO/c16-15(17)14-9-5-4-8-13(14)11-10-12-6-2-1-3-7-12/h1-10H,11H2,(H2,16,17). The number of nitrogens with two attached hydrogens (primary N) is 1. The number of hydrogen-bond donors (Lipinski definition) is 1. The molecule has 0 aromatic heterocycles. The van der Waals surface area contributed by atoms with Crippen LogP contribution in [-0.2, 0) is 6.42 Å². The first-order valence-electron chi connectivity index (χ1n) is 5.53. The molecule has 0 spiro atoms. The highest BCUT2D eigenvalue weighted by Gasteiger charge is 2.06. The van der Waals surface area contributed by atoms with Crippen molar-refractivity contribution in [2.75, 3.05) is 0 Å². The molecular formula is C15H14NO. The lowest BCUT2D eigenvalue weighted by atomic mass is 9.99. The van der Waals surface area contributed by atoms with Crippen molar-refractivity contribution in [3.63, 3.8) is 0 Å². The fourth-order valence-electron chi connectivity index (χ4n) is 1.76. The highest BCUT2D eigenvalue weighted by atomic mass is 16.1. The third-order valence-corrected chi connectivity index (χ3v) is 2.64. The quantitative estimate of drug-likeness (QED) is 0.852. The Labute approximate surface area is 101 Å². The molecule has 0 heterocycles. The van der Waals surface area contributed by atoms with E-state index in [2.05, 4.69) is 6.42 Å². The van der Waals surface area contributed by atoms with Crippen LogP contribution in [0.1, 0.15) is 21.5 Å². The molecular weight excluding hydrogens is 210 g/mol. The summed E-state index contributed by atoms with van der Waals surface area (Å²) in [4.78, 5) is 11.2. The van der Waals surface area contributed by atoms with Crippen molar-refractivity contribution in [1.82, 2.24) is 0 Å². The molecule has 2 rings (SSSR count). The highest BCUT2D eigenvalue weighted by Crippen LogP contribution is 2.13. The van der Waals surface area contributed by atoms with Gasteiger partial charge in [0.05, 0.1) is 0 Å². The molecule has 0 unspecified atom stereocenters. The second-order valence-corrected chi connectivity index (χ2v) is 3.84. The summed E-state index contributed by atoms with van der Waals surface area (Å²) >= 11 is 0. The molecule has 0 aliphatic heterocycles. The Morgan fingerprint density at radius 3 is 2.35 bits per heavy atom. The lowest BCUT2D eigenvalue weighted by molar-refractivity contribution is 0.0999. The Morgan fingerprint density at radius 2 is 1.65 bits per heavy atom. The van der Waals surface area contributed by atoms with Gasteiger partial charge in [0.1, 0.15) is 0 Å². The number of primary amides is 1. The van der Waals surface area contributed by atoms with Crippen LogP contribution in [0.2, 0.25) is 0 Å². The van der Waals surface area contributed by atoms with Crippen LogP contribution in [0.3, 0.4) is 0 Å². The number of benzene rings is 2. The molecule has 17 heavy (non-hydrogen) atoms. The smallest absolute Gasteiger partial charge is 0.248 e. The summed E-state index contributed by atoms with van der Waals surface area (Å²) in [6.45, 7) is 0. The van der Waals surface area contributed by atoms with Crippen LogP contribution >= 0.6 is 0 Å². The molecule has 2 heteroatoms. The van der Waals surface area contributed by atoms with Gasteiger partial charge in [-0.1, -0.05) is 48.5 Å². The van der Waals surface area contributed by atoms with Crippen LogP contribution in [0.5, 0.6) is 0 Å². The van der Waals surface area contributed by atoms with Gasteiger partial charge in [-0.3, -0.25) is 4.79 Å². The molecule has 2 N–H and O–H groups in total. The lowest BCUT2D eigenvalue weighted by Gasteiger charge is -2.06. The van der Waals surface area contributed by atoms with Crippen LogP contribution in [-0.4, -0.2) is 5.91 Å². The van der Waals surface area contributed by atoms with E-state index in [1.54, 1.807) is 6.07 Å². The molecule has 2 nitrogen and oxygen atoms in total. The summed E-state index contributed by atoms with van der Waals surface area (Å²) in [5.41, 5.74) is 8.03. The predicted octanol–water partition coefficient (Wildman–Crippen LogP) is 2.58. The minimum absolute atomic E-state index is 0.373. The topological polar surface area (TPSA) is 43.1 Å². The normalized spacial score (nSPS) is 10.1. The number of carbonyl (C=O) groups excluding carboxylic acids is 1. The average Bonchev–Trinajstić information content (AvgIpc) is 2.38. The maximum Gasteiger partial charge on any atom is 0.248 e. The van der Waals surface area contributed by atoms with E-state index in [1.807, 2.05) is 48.5 Å². The van der Waals surface area contributed by atoms with E-state index in [0.717, 1.165) is 11.1 Å². The Balaban J connectivity index is 2.12. The van der Waals surface area contributed by atoms with Crippen LogP contribution in [0.25, 0.3) is 0 Å². The van der Waals surface area contributed by atoms with Crippen LogP contribution < -0.4 is 5.73 Å². The van der Waals surface area contributed by atoms with E-state index in [1.165, 1.54) is 0 Å². The molecule has 1 amide bonds. The monoisotopic (exact) mass is 224 g/mol. The van der Waals surface area contributed by atoms with Gasteiger partial charge in [0.15, 0.2) is 0 Å². The predicted molar refractivity (Wildman–Crippen MR) is 68.5 cm³/mol. The summed E-state index contributed by atoms with van der Waals surface area (Å²) < 4.78 is 0. The minimum atomic E-state index is -0.373. The molecule has 0 aliphatic rings. The Kier molecular flexibility index (Phi) is 3.55. The van der Waals surface area contributed by atoms with E-state index in [9.17, 15) is 4.79 Å². The Bertz CT molecular complexity index is 505. The van der Waals surface area contributed by atoms with Gasteiger partial charge < -0.3 is 5.73 Å². The third-order valence-electron chi connectivity index (χ3n) is 2.64. The molecule has 0 saturated heterocycles. The zero-order valence-corrected chi connectivity index (χ0v) is 9.47. The van der Waals surface area contributed by atoms with Gasteiger partial charge in [-0.2, -0.15) is 0 Å². The number of amides is 1. The van der Waals surface area contributed by atoms with Crippen molar-refractivity contribution in [1.29, 1.82) is 0 Å². The zero-order chi connectivity index (χ0) is 12.1. The average molecular weight is 224 g/mol. The van der Waals surface area contributed by atoms with Gasteiger partial charge in [0.25, 0.3) is 0 Å². The number of carbonyl (C=O) groups is 1. The molecule has 0 atom stereocenters. The molecule has 0 saturated carbocycles. The van der Waals surface area contributed by atoms with E-state index in [-0.39, 0.29) is 5.91 Å². The Hall–Kier alpha value is -2.09. The van der Waals surface area contributed by atoms with Crippen molar-refractivity contribution in [3.05, 3.63) is 77.7 Å². The molecule has 0 bridgehead atoms. The molecule has 0 fully saturated rings. The van der Waals surface area contributed by atoms with Gasteiger partial charge in [-0.15, -0.1) is 0 Å². The summed E-state index contributed by atoms with van der Waals surface area (Å²) in [6.07, 6.45) is 2.80. The summed E-state index contributed by atoms with van der Waals surface area (Å²) in [6, 6.07) is 17.5. The largest absolute Gasteiger partial charge is 0.366 e. The number of hydrogen-bond acceptors (Lipinski definition) is 1. The lowest BCUT2D eigenvalue weighted by Crippen LogP contribution is -2.13. The highest BCUT2D eigenvalue weighted by molar-refractivity contribution is 5.94.